The largest absolute Gasteiger partial charge is 0.478 e. The van der Waals surface area contributed by atoms with Gasteiger partial charge in [0.1, 0.15) is 5.94 Å². The minimum absolute atomic E-state index is 0.223. The van der Waals surface area contributed by atoms with Gasteiger partial charge < -0.3 is 5.11 Å². The number of allylic oxidation sites excluding steroid dienone is 1. The maximum atomic E-state index is 10.6. The molecule has 0 saturated carbocycles. The zero-order chi connectivity index (χ0) is 11.3. The first-order valence-corrected chi connectivity index (χ1v) is 4.76. The van der Waals surface area contributed by atoms with Crippen LogP contribution in [0.15, 0.2) is 24.3 Å². The standard InChI is InChI=1S/C12H12O3/c1-2-3-11(8-13)9-4-6-10(7-5-9)12(14)15/h4-7H,2-3H2,1H3,(H,14,15). The van der Waals surface area contributed by atoms with Crippen LogP contribution in [0.1, 0.15) is 35.7 Å². The minimum Gasteiger partial charge on any atom is -0.478 e. The summed E-state index contributed by atoms with van der Waals surface area (Å²) >= 11 is 0. The Hall–Kier alpha value is -1.86. The van der Waals surface area contributed by atoms with Crippen LogP contribution in [-0.4, -0.2) is 17.0 Å². The summed E-state index contributed by atoms with van der Waals surface area (Å²) in [5.41, 5.74) is 1.56. The van der Waals surface area contributed by atoms with Gasteiger partial charge >= 0.3 is 5.97 Å². The first kappa shape index (κ1) is 11.2. The molecule has 78 valence electrons. The van der Waals surface area contributed by atoms with Gasteiger partial charge in [-0.25, -0.2) is 9.59 Å². The fourth-order valence-electron chi connectivity index (χ4n) is 1.32. The van der Waals surface area contributed by atoms with E-state index in [4.69, 9.17) is 5.11 Å². The first-order valence-electron chi connectivity index (χ1n) is 4.76. The summed E-state index contributed by atoms with van der Waals surface area (Å²) in [6, 6.07) is 6.26. The summed E-state index contributed by atoms with van der Waals surface area (Å²) in [5, 5.41) is 8.69. The number of rotatable bonds is 4. The molecule has 0 aliphatic heterocycles. The van der Waals surface area contributed by atoms with E-state index in [1.807, 2.05) is 12.9 Å². The Kier molecular flexibility index (Phi) is 3.83. The number of benzene rings is 1. The predicted molar refractivity (Wildman–Crippen MR) is 57.4 cm³/mol. The molecule has 0 aromatic heterocycles. The summed E-state index contributed by atoms with van der Waals surface area (Å²) < 4.78 is 0. The molecule has 0 unspecified atom stereocenters. The molecule has 0 aliphatic rings. The molecule has 0 saturated heterocycles. The van der Waals surface area contributed by atoms with E-state index in [1.54, 1.807) is 12.1 Å². The Morgan fingerprint density at radius 3 is 2.20 bits per heavy atom. The fourth-order valence-corrected chi connectivity index (χ4v) is 1.32. The Labute approximate surface area is 88.0 Å². The van der Waals surface area contributed by atoms with Gasteiger partial charge in [0.2, 0.25) is 0 Å². The Morgan fingerprint density at radius 1 is 1.27 bits per heavy atom. The van der Waals surface area contributed by atoms with E-state index in [0.717, 1.165) is 12.0 Å². The average Bonchev–Trinajstić information content (AvgIpc) is 2.26. The van der Waals surface area contributed by atoms with Gasteiger partial charge in [0.25, 0.3) is 0 Å². The molecule has 0 spiro atoms. The normalized spacial score (nSPS) is 9.40. The van der Waals surface area contributed by atoms with Gasteiger partial charge in [-0.3, -0.25) is 0 Å². The van der Waals surface area contributed by atoms with E-state index < -0.39 is 5.97 Å². The topological polar surface area (TPSA) is 54.4 Å². The summed E-state index contributed by atoms with van der Waals surface area (Å²) in [6.45, 7) is 1.98. The lowest BCUT2D eigenvalue weighted by molar-refractivity contribution is 0.0697. The van der Waals surface area contributed by atoms with Gasteiger partial charge in [-0.2, -0.15) is 0 Å². The third kappa shape index (κ3) is 2.79. The van der Waals surface area contributed by atoms with Gasteiger partial charge in [0.15, 0.2) is 0 Å². The van der Waals surface area contributed by atoms with Crippen molar-refractivity contribution in [2.24, 2.45) is 0 Å². The van der Waals surface area contributed by atoms with Crippen LogP contribution in [0.25, 0.3) is 5.57 Å². The number of aromatic carboxylic acids is 1. The van der Waals surface area contributed by atoms with Crippen LogP contribution < -0.4 is 0 Å². The molecule has 0 atom stereocenters. The average molecular weight is 204 g/mol. The molecule has 0 aliphatic carbocycles. The van der Waals surface area contributed by atoms with Crippen molar-refractivity contribution >= 4 is 17.5 Å². The van der Waals surface area contributed by atoms with E-state index in [-0.39, 0.29) is 5.56 Å². The Morgan fingerprint density at radius 2 is 1.80 bits per heavy atom. The second-order valence-corrected chi connectivity index (χ2v) is 3.21. The fraction of sp³-hybridized carbons (Fsp3) is 0.250. The predicted octanol–water partition coefficient (Wildman–Crippen LogP) is 2.40. The highest BCUT2D eigenvalue weighted by atomic mass is 16.4. The highest BCUT2D eigenvalue weighted by Crippen LogP contribution is 2.17. The second kappa shape index (κ2) is 5.13. The third-order valence-corrected chi connectivity index (χ3v) is 2.10. The van der Waals surface area contributed by atoms with Gasteiger partial charge in [-0.15, -0.1) is 0 Å². The van der Waals surface area contributed by atoms with E-state index >= 15 is 0 Å². The molecule has 3 nitrogen and oxygen atoms in total. The van der Waals surface area contributed by atoms with Crippen molar-refractivity contribution in [1.29, 1.82) is 0 Å². The molecule has 1 aromatic carbocycles. The molecule has 1 N–H and O–H groups in total. The maximum absolute atomic E-state index is 10.6. The summed E-state index contributed by atoms with van der Waals surface area (Å²) in [4.78, 5) is 21.2. The SMILES string of the molecule is CCCC(=C=O)c1ccc(C(=O)O)cc1. The molecule has 0 amide bonds. The number of carbonyl (C=O) groups excluding carboxylic acids is 1. The summed E-state index contributed by atoms with van der Waals surface area (Å²) in [5.74, 6) is 0.923. The van der Waals surface area contributed by atoms with Crippen LogP contribution in [0.2, 0.25) is 0 Å². The molecular weight excluding hydrogens is 192 g/mol. The number of hydrogen-bond donors (Lipinski definition) is 1. The number of carboxylic acid groups (broad SMARTS) is 1. The highest BCUT2D eigenvalue weighted by Gasteiger charge is 2.05. The zero-order valence-electron chi connectivity index (χ0n) is 8.49. The van der Waals surface area contributed by atoms with Crippen molar-refractivity contribution in [3.63, 3.8) is 0 Å². The van der Waals surface area contributed by atoms with Gasteiger partial charge in [0, 0.05) is 5.57 Å². The van der Waals surface area contributed by atoms with Crippen molar-refractivity contribution in [2.75, 3.05) is 0 Å². The quantitative estimate of drug-likeness (QED) is 0.766. The van der Waals surface area contributed by atoms with Gasteiger partial charge in [-0.05, 0) is 24.1 Å². The van der Waals surface area contributed by atoms with Gasteiger partial charge in [0.05, 0.1) is 5.56 Å². The molecule has 3 heteroatoms. The second-order valence-electron chi connectivity index (χ2n) is 3.21. The van der Waals surface area contributed by atoms with Crippen molar-refractivity contribution in [3.05, 3.63) is 35.4 Å². The molecule has 0 radical (unpaired) electrons. The molecule has 1 aromatic rings. The lowest BCUT2D eigenvalue weighted by atomic mass is 10.0. The molecule has 0 bridgehead atoms. The summed E-state index contributed by atoms with van der Waals surface area (Å²) in [7, 11) is 0. The van der Waals surface area contributed by atoms with E-state index in [2.05, 4.69) is 0 Å². The number of carboxylic acids is 1. The van der Waals surface area contributed by atoms with Crippen LogP contribution in [0.5, 0.6) is 0 Å². The van der Waals surface area contributed by atoms with Crippen LogP contribution in [0.4, 0.5) is 0 Å². The molecule has 1 rings (SSSR count). The Bertz CT molecular complexity index is 397. The minimum atomic E-state index is -0.964. The van der Waals surface area contributed by atoms with Crippen molar-refractivity contribution in [2.45, 2.75) is 19.8 Å². The molecule has 15 heavy (non-hydrogen) atoms. The smallest absolute Gasteiger partial charge is 0.335 e. The monoisotopic (exact) mass is 204 g/mol. The van der Waals surface area contributed by atoms with Crippen molar-refractivity contribution < 1.29 is 14.7 Å². The van der Waals surface area contributed by atoms with Crippen LogP contribution in [0, 0.1) is 0 Å². The summed E-state index contributed by atoms with van der Waals surface area (Å²) in [6.07, 6.45) is 1.53. The van der Waals surface area contributed by atoms with Crippen molar-refractivity contribution in [1.82, 2.24) is 0 Å². The first-order chi connectivity index (χ1) is 7.19. The lowest BCUT2D eigenvalue weighted by Gasteiger charge is -2.01. The zero-order valence-corrected chi connectivity index (χ0v) is 8.49. The van der Waals surface area contributed by atoms with E-state index in [9.17, 15) is 9.59 Å². The van der Waals surface area contributed by atoms with Crippen LogP contribution >= 0.6 is 0 Å². The highest BCUT2D eigenvalue weighted by molar-refractivity contribution is 5.90. The Balaban J connectivity index is 2.97. The maximum Gasteiger partial charge on any atom is 0.335 e. The van der Waals surface area contributed by atoms with Crippen LogP contribution in [0.3, 0.4) is 0 Å². The number of hydrogen-bond acceptors (Lipinski definition) is 2. The van der Waals surface area contributed by atoms with E-state index in [0.29, 0.717) is 12.0 Å². The number of carbonyl (C=O) groups is 1. The molecular formula is C12H12O3. The van der Waals surface area contributed by atoms with Crippen molar-refractivity contribution in [3.8, 4) is 0 Å². The van der Waals surface area contributed by atoms with Gasteiger partial charge in [-0.1, -0.05) is 25.5 Å². The lowest BCUT2D eigenvalue weighted by Crippen LogP contribution is -1.96. The molecule has 0 heterocycles. The van der Waals surface area contributed by atoms with Crippen LogP contribution in [-0.2, 0) is 4.79 Å². The molecule has 0 fully saturated rings. The third-order valence-electron chi connectivity index (χ3n) is 2.10. The van der Waals surface area contributed by atoms with E-state index in [1.165, 1.54) is 12.1 Å².